The number of Topliss-reactive ketones (excluding diaryl/α,β-unsaturated/α-hetero) is 1. The van der Waals surface area contributed by atoms with Gasteiger partial charge in [0.05, 0.1) is 5.60 Å². The lowest BCUT2D eigenvalue weighted by atomic mass is 9.76. The second-order valence-corrected chi connectivity index (χ2v) is 7.27. The van der Waals surface area contributed by atoms with Crippen molar-refractivity contribution in [3.63, 3.8) is 0 Å². The summed E-state index contributed by atoms with van der Waals surface area (Å²) >= 11 is 0. The summed E-state index contributed by atoms with van der Waals surface area (Å²) < 4.78 is 4.94. The van der Waals surface area contributed by atoms with Gasteiger partial charge in [-0.2, -0.15) is 0 Å². The van der Waals surface area contributed by atoms with Gasteiger partial charge in [-0.15, -0.1) is 0 Å². The van der Waals surface area contributed by atoms with Crippen LogP contribution in [0.15, 0.2) is 0 Å². The first-order valence-electron chi connectivity index (χ1n) is 8.17. The maximum atomic E-state index is 11.8. The molecule has 20 heavy (non-hydrogen) atoms. The molecule has 1 rings (SSSR count). The van der Waals surface area contributed by atoms with Crippen LogP contribution < -0.4 is 0 Å². The molecule has 0 amide bonds. The first-order chi connectivity index (χ1) is 9.08. The van der Waals surface area contributed by atoms with E-state index >= 15 is 0 Å². The number of methoxy groups -OCH3 is 1. The maximum absolute atomic E-state index is 11.8. The predicted octanol–water partition coefficient (Wildman–Crippen LogP) is 5.64. The van der Waals surface area contributed by atoms with Crippen molar-refractivity contribution in [3.8, 4) is 0 Å². The van der Waals surface area contributed by atoms with Gasteiger partial charge < -0.3 is 4.74 Å². The highest BCUT2D eigenvalue weighted by Gasteiger charge is 2.29. The minimum Gasteiger partial charge on any atom is -0.379 e. The third-order valence-electron chi connectivity index (χ3n) is 3.33. The number of rotatable bonds is 1. The molecule has 1 saturated carbocycles. The number of ketones is 1. The number of carbonyl (C=O) groups excluding carboxylic acids is 1. The molecule has 0 radical (unpaired) electrons. The third kappa shape index (κ3) is 11.5. The van der Waals surface area contributed by atoms with Crippen molar-refractivity contribution in [1.82, 2.24) is 0 Å². The van der Waals surface area contributed by atoms with Gasteiger partial charge in [0, 0.05) is 18.4 Å². The predicted molar refractivity (Wildman–Crippen MR) is 89.1 cm³/mol. The van der Waals surface area contributed by atoms with Gasteiger partial charge in [-0.25, -0.2) is 0 Å². The summed E-state index contributed by atoms with van der Waals surface area (Å²) in [5, 5.41) is 0. The molecule has 0 saturated heterocycles. The lowest BCUT2D eigenvalue weighted by Crippen LogP contribution is -2.29. The normalized spacial score (nSPS) is 16.4. The van der Waals surface area contributed by atoms with Crippen LogP contribution in [-0.4, -0.2) is 18.5 Å². The van der Waals surface area contributed by atoms with Gasteiger partial charge in [0.15, 0.2) is 0 Å². The van der Waals surface area contributed by atoms with Crippen LogP contribution in [0.3, 0.4) is 0 Å². The minimum absolute atomic E-state index is 0.0417. The van der Waals surface area contributed by atoms with Gasteiger partial charge in [0.2, 0.25) is 0 Å². The lowest BCUT2D eigenvalue weighted by Gasteiger charge is -2.27. The fourth-order valence-electron chi connectivity index (χ4n) is 1.98. The first-order valence-corrected chi connectivity index (χ1v) is 8.17. The Balaban J connectivity index is 0. The molecule has 2 nitrogen and oxygen atoms in total. The molecule has 0 heterocycles. The van der Waals surface area contributed by atoms with Crippen LogP contribution in [0.25, 0.3) is 0 Å². The van der Waals surface area contributed by atoms with Crippen LogP contribution in [0.4, 0.5) is 0 Å². The van der Waals surface area contributed by atoms with Crippen molar-refractivity contribution >= 4 is 5.78 Å². The van der Waals surface area contributed by atoms with Gasteiger partial charge in [0.1, 0.15) is 5.78 Å². The largest absolute Gasteiger partial charge is 0.379 e. The van der Waals surface area contributed by atoms with Gasteiger partial charge >= 0.3 is 0 Å². The van der Waals surface area contributed by atoms with Gasteiger partial charge in [-0.1, -0.05) is 53.9 Å². The zero-order chi connectivity index (χ0) is 16.4. The summed E-state index contributed by atoms with van der Waals surface area (Å²) in [4.78, 5) is 11.8. The molecule has 1 aliphatic carbocycles. The van der Waals surface area contributed by atoms with Crippen molar-refractivity contribution in [1.29, 1.82) is 0 Å². The average molecular weight is 286 g/mol. The van der Waals surface area contributed by atoms with Crippen molar-refractivity contribution in [2.75, 3.05) is 7.11 Å². The summed E-state index contributed by atoms with van der Waals surface area (Å²) in [5.74, 6) is 0.848. The number of hydrogen-bond acceptors (Lipinski definition) is 2. The standard InChI is InChI=1S/C11H20O.C5H12O.C2H6/c1-11(2,3)10(12)9-7-5-4-6-8-9;1-5(2,3)6-4;1-2/h9H,4-8H2,1-3H3;1-4H3;1-2H3. The van der Waals surface area contributed by atoms with E-state index in [9.17, 15) is 4.79 Å². The molecule has 0 N–H and O–H groups in total. The summed E-state index contributed by atoms with van der Waals surface area (Å²) in [6.07, 6.45) is 6.11. The van der Waals surface area contributed by atoms with Gasteiger partial charge in [-0.3, -0.25) is 4.79 Å². The first kappa shape index (κ1) is 21.9. The van der Waals surface area contributed by atoms with Gasteiger partial charge in [0.25, 0.3) is 0 Å². The van der Waals surface area contributed by atoms with Crippen LogP contribution in [-0.2, 0) is 9.53 Å². The fourth-order valence-corrected chi connectivity index (χ4v) is 1.98. The van der Waals surface area contributed by atoms with E-state index in [4.69, 9.17) is 4.74 Å². The SMILES string of the molecule is CC.CC(C)(C)C(=O)C1CCCCC1.COC(C)(C)C. The quantitative estimate of drug-likeness (QED) is 0.623. The van der Waals surface area contributed by atoms with E-state index < -0.39 is 0 Å². The monoisotopic (exact) mass is 286 g/mol. The molecular weight excluding hydrogens is 248 g/mol. The molecule has 1 fully saturated rings. The molecule has 1 aliphatic rings. The third-order valence-corrected chi connectivity index (χ3v) is 3.33. The van der Waals surface area contributed by atoms with Crippen LogP contribution in [0.1, 0.15) is 87.5 Å². The Morgan fingerprint density at radius 3 is 1.50 bits per heavy atom. The molecule has 0 bridgehead atoms. The lowest BCUT2D eigenvalue weighted by molar-refractivity contribution is -0.131. The molecule has 2 heteroatoms. The van der Waals surface area contributed by atoms with Crippen molar-refractivity contribution in [3.05, 3.63) is 0 Å². The smallest absolute Gasteiger partial charge is 0.141 e. The summed E-state index contributed by atoms with van der Waals surface area (Å²) in [7, 11) is 1.71. The highest BCUT2D eigenvalue weighted by molar-refractivity contribution is 5.85. The Morgan fingerprint density at radius 1 is 0.900 bits per heavy atom. The molecule has 0 unspecified atom stereocenters. The van der Waals surface area contributed by atoms with Crippen LogP contribution >= 0.6 is 0 Å². The Bertz CT molecular complexity index is 237. The highest BCUT2D eigenvalue weighted by Crippen LogP contribution is 2.30. The summed E-state index contributed by atoms with van der Waals surface area (Å²) in [6.45, 7) is 16.2. The van der Waals surface area contributed by atoms with E-state index in [-0.39, 0.29) is 11.0 Å². The van der Waals surface area contributed by atoms with Crippen LogP contribution in [0.5, 0.6) is 0 Å². The van der Waals surface area contributed by atoms with E-state index in [1.54, 1.807) is 7.11 Å². The second-order valence-electron chi connectivity index (χ2n) is 7.27. The summed E-state index contributed by atoms with van der Waals surface area (Å²) in [6, 6.07) is 0. The summed E-state index contributed by atoms with van der Waals surface area (Å²) in [5.41, 5.74) is -0.0813. The second kappa shape index (κ2) is 10.4. The van der Waals surface area contributed by atoms with E-state index in [0.717, 1.165) is 12.8 Å². The van der Waals surface area contributed by atoms with E-state index in [0.29, 0.717) is 11.7 Å². The van der Waals surface area contributed by atoms with Crippen molar-refractivity contribution in [2.45, 2.75) is 93.1 Å². The molecule has 0 spiro atoms. The Hall–Kier alpha value is -0.370. The Labute approximate surface area is 127 Å². The number of carbonyl (C=O) groups is 1. The minimum atomic E-state index is -0.123. The molecule has 0 atom stereocenters. The zero-order valence-corrected chi connectivity index (χ0v) is 15.4. The van der Waals surface area contributed by atoms with E-state index in [1.165, 1.54) is 19.3 Å². The molecule has 0 aromatic rings. The fraction of sp³-hybridized carbons (Fsp3) is 0.944. The van der Waals surface area contributed by atoms with Crippen molar-refractivity contribution < 1.29 is 9.53 Å². The number of hydrogen-bond donors (Lipinski definition) is 0. The zero-order valence-electron chi connectivity index (χ0n) is 15.4. The van der Waals surface area contributed by atoms with Gasteiger partial charge in [-0.05, 0) is 33.6 Å². The van der Waals surface area contributed by atoms with Crippen LogP contribution in [0.2, 0.25) is 0 Å². The topological polar surface area (TPSA) is 26.3 Å². The van der Waals surface area contributed by atoms with Crippen molar-refractivity contribution in [2.24, 2.45) is 11.3 Å². The number of ether oxygens (including phenoxy) is 1. The average Bonchev–Trinajstić information content (AvgIpc) is 2.40. The molecule has 122 valence electrons. The Kier molecular flexibility index (Phi) is 11.4. The molecule has 0 aromatic heterocycles. The molecular formula is C18H38O2. The van der Waals surface area contributed by atoms with E-state index in [1.807, 2.05) is 55.4 Å². The van der Waals surface area contributed by atoms with Crippen LogP contribution in [0, 0.1) is 11.3 Å². The maximum Gasteiger partial charge on any atom is 0.141 e. The highest BCUT2D eigenvalue weighted by atomic mass is 16.5. The molecule has 0 aliphatic heterocycles. The molecule has 0 aromatic carbocycles. The Morgan fingerprint density at radius 2 is 1.25 bits per heavy atom. The van der Waals surface area contributed by atoms with E-state index in [2.05, 4.69) is 0 Å².